The van der Waals surface area contributed by atoms with E-state index in [0.717, 1.165) is 6.07 Å². The van der Waals surface area contributed by atoms with Crippen molar-refractivity contribution in [2.75, 3.05) is 11.9 Å². The third kappa shape index (κ3) is 6.53. The second-order valence-corrected chi connectivity index (χ2v) is 13.7. The smallest absolute Gasteiger partial charge is 0.270 e. The molecular formula is C21H26ClN3O5Si. The Balaban J connectivity index is 2.00. The van der Waals surface area contributed by atoms with E-state index >= 15 is 0 Å². The molecule has 31 heavy (non-hydrogen) atoms. The van der Waals surface area contributed by atoms with E-state index in [9.17, 15) is 19.7 Å². The van der Waals surface area contributed by atoms with Gasteiger partial charge >= 0.3 is 0 Å². The molecule has 0 spiro atoms. The highest BCUT2D eigenvalue weighted by Crippen LogP contribution is 2.37. The highest BCUT2D eigenvalue weighted by Gasteiger charge is 2.39. The van der Waals surface area contributed by atoms with E-state index in [2.05, 4.69) is 44.5 Å². The second kappa shape index (κ2) is 9.48. The highest BCUT2D eigenvalue weighted by atomic mass is 35.5. The molecule has 166 valence electrons. The molecule has 8 nitrogen and oxygen atoms in total. The van der Waals surface area contributed by atoms with Gasteiger partial charge < -0.3 is 15.1 Å². The van der Waals surface area contributed by atoms with Gasteiger partial charge in [-0.15, -0.1) is 0 Å². The minimum Gasteiger partial charge on any atom is -0.543 e. The molecule has 10 heteroatoms. The number of benzene rings is 2. The summed E-state index contributed by atoms with van der Waals surface area (Å²) in [6.07, 6.45) is 0. The summed E-state index contributed by atoms with van der Waals surface area (Å²) in [7, 11) is -2.02. The van der Waals surface area contributed by atoms with Crippen LogP contribution in [0.4, 0.5) is 11.4 Å². The normalized spacial score (nSPS) is 11.5. The molecule has 2 rings (SSSR count). The van der Waals surface area contributed by atoms with Crippen molar-refractivity contribution in [2.24, 2.45) is 0 Å². The summed E-state index contributed by atoms with van der Waals surface area (Å²) >= 11 is 5.95. The zero-order valence-corrected chi connectivity index (χ0v) is 19.9. The standard InChI is InChI=1S/C21H26ClN3O5Si/c1-21(2,3)31(4,5)30-16-8-6-7-14(11-16)24-19(26)13-23-20(27)17-12-15(25(28)29)9-10-18(17)22/h6-12H,13H2,1-5H3,(H,23,27)(H,24,26). The van der Waals surface area contributed by atoms with Gasteiger partial charge in [0.25, 0.3) is 11.6 Å². The fourth-order valence-corrected chi connectivity index (χ4v) is 3.57. The minimum absolute atomic E-state index is 0.0321. The third-order valence-corrected chi connectivity index (χ3v) is 9.80. The number of nitrogens with zero attached hydrogens (tertiary/aromatic N) is 1. The van der Waals surface area contributed by atoms with Crippen LogP contribution in [0, 0.1) is 10.1 Å². The largest absolute Gasteiger partial charge is 0.543 e. The molecule has 2 N–H and O–H groups in total. The summed E-state index contributed by atoms with van der Waals surface area (Å²) in [5, 5.41) is 16.1. The Bertz CT molecular complexity index is 1000. The zero-order chi connectivity index (χ0) is 23.4. The number of rotatable bonds is 7. The van der Waals surface area contributed by atoms with E-state index in [1.807, 2.05) is 6.07 Å². The van der Waals surface area contributed by atoms with E-state index in [4.69, 9.17) is 16.0 Å². The molecule has 2 amide bonds. The molecule has 0 aliphatic carbocycles. The van der Waals surface area contributed by atoms with E-state index in [1.165, 1.54) is 12.1 Å². The van der Waals surface area contributed by atoms with E-state index in [1.54, 1.807) is 18.2 Å². The molecular weight excluding hydrogens is 438 g/mol. The van der Waals surface area contributed by atoms with Gasteiger partial charge in [-0.25, -0.2) is 0 Å². The molecule has 2 aromatic carbocycles. The molecule has 0 bridgehead atoms. The first-order valence-electron chi connectivity index (χ1n) is 9.61. The van der Waals surface area contributed by atoms with Crippen LogP contribution in [0.5, 0.6) is 5.75 Å². The Hall–Kier alpha value is -2.91. The molecule has 0 unspecified atom stereocenters. The van der Waals surface area contributed by atoms with Crippen molar-refractivity contribution in [3.8, 4) is 5.75 Å². The zero-order valence-electron chi connectivity index (χ0n) is 18.1. The number of carbonyl (C=O) groups is 2. The van der Waals surface area contributed by atoms with Crippen LogP contribution in [-0.4, -0.2) is 31.6 Å². The molecule has 0 radical (unpaired) electrons. The van der Waals surface area contributed by atoms with Crippen LogP contribution in [0.3, 0.4) is 0 Å². The summed E-state index contributed by atoms with van der Waals surface area (Å²) in [5.41, 5.74) is 0.190. The van der Waals surface area contributed by atoms with Crippen molar-refractivity contribution < 1.29 is 18.9 Å². The van der Waals surface area contributed by atoms with Crippen molar-refractivity contribution in [1.82, 2.24) is 5.32 Å². The lowest BCUT2D eigenvalue weighted by Crippen LogP contribution is -2.43. The van der Waals surface area contributed by atoms with Gasteiger partial charge in [-0.05, 0) is 36.3 Å². The van der Waals surface area contributed by atoms with Gasteiger partial charge in [0.2, 0.25) is 14.2 Å². The maximum absolute atomic E-state index is 12.3. The van der Waals surface area contributed by atoms with Gasteiger partial charge in [0, 0.05) is 23.9 Å². The molecule has 0 saturated carbocycles. The summed E-state index contributed by atoms with van der Waals surface area (Å²) in [4.78, 5) is 34.8. The quantitative estimate of drug-likeness (QED) is 0.341. The van der Waals surface area contributed by atoms with Crippen molar-refractivity contribution in [2.45, 2.75) is 38.9 Å². The van der Waals surface area contributed by atoms with Crippen molar-refractivity contribution >= 4 is 43.1 Å². The molecule has 0 heterocycles. The van der Waals surface area contributed by atoms with Crippen molar-refractivity contribution in [1.29, 1.82) is 0 Å². The number of nitro benzene ring substituents is 1. The van der Waals surface area contributed by atoms with Crippen LogP contribution in [-0.2, 0) is 4.79 Å². The van der Waals surface area contributed by atoms with Crippen LogP contribution in [0.25, 0.3) is 0 Å². The lowest BCUT2D eigenvalue weighted by atomic mass is 10.2. The number of hydrogen-bond acceptors (Lipinski definition) is 5. The van der Waals surface area contributed by atoms with Crippen molar-refractivity contribution in [3.63, 3.8) is 0 Å². The van der Waals surface area contributed by atoms with Crippen molar-refractivity contribution in [3.05, 3.63) is 63.2 Å². The number of non-ortho nitro benzene ring substituents is 1. The van der Waals surface area contributed by atoms with Gasteiger partial charge in [-0.3, -0.25) is 19.7 Å². The fourth-order valence-electron chi connectivity index (χ4n) is 2.35. The predicted molar refractivity (Wildman–Crippen MR) is 123 cm³/mol. The minimum atomic E-state index is -2.02. The number of hydrogen-bond donors (Lipinski definition) is 2. The van der Waals surface area contributed by atoms with Crippen LogP contribution in [0.2, 0.25) is 23.2 Å². The number of nitrogens with one attached hydrogen (secondary N) is 2. The Labute approximate surface area is 187 Å². The molecule has 0 atom stereocenters. The summed E-state index contributed by atoms with van der Waals surface area (Å²) in [5.74, 6) is -0.477. The van der Waals surface area contributed by atoms with Gasteiger partial charge in [0.1, 0.15) is 5.75 Å². The lowest BCUT2D eigenvalue weighted by Gasteiger charge is -2.36. The number of carbonyl (C=O) groups excluding carboxylic acids is 2. The monoisotopic (exact) mass is 463 g/mol. The maximum Gasteiger partial charge on any atom is 0.270 e. The third-order valence-electron chi connectivity index (χ3n) is 5.11. The Morgan fingerprint density at radius 2 is 1.84 bits per heavy atom. The van der Waals surface area contributed by atoms with Crippen LogP contribution < -0.4 is 15.1 Å². The molecule has 0 aliphatic rings. The first-order valence-corrected chi connectivity index (χ1v) is 12.9. The molecule has 0 fully saturated rings. The van der Waals surface area contributed by atoms with Gasteiger partial charge in [0.05, 0.1) is 22.1 Å². The maximum atomic E-state index is 12.3. The van der Waals surface area contributed by atoms with Crippen LogP contribution >= 0.6 is 11.6 Å². The van der Waals surface area contributed by atoms with E-state index < -0.39 is 25.1 Å². The summed E-state index contributed by atoms with van der Waals surface area (Å²) < 4.78 is 6.24. The van der Waals surface area contributed by atoms with E-state index in [0.29, 0.717) is 11.4 Å². The Morgan fingerprint density at radius 1 is 1.16 bits per heavy atom. The Morgan fingerprint density at radius 3 is 2.45 bits per heavy atom. The first kappa shape index (κ1) is 24.4. The molecule has 2 aromatic rings. The number of anilines is 1. The average Bonchev–Trinajstić information content (AvgIpc) is 2.65. The number of nitro groups is 1. The first-order chi connectivity index (χ1) is 14.3. The van der Waals surface area contributed by atoms with Crippen LogP contribution in [0.1, 0.15) is 31.1 Å². The predicted octanol–water partition coefficient (Wildman–Crippen LogP) is 5.00. The number of halogens is 1. The second-order valence-electron chi connectivity index (χ2n) is 8.54. The fraction of sp³-hybridized carbons (Fsp3) is 0.333. The topological polar surface area (TPSA) is 111 Å². The molecule has 0 saturated heterocycles. The average molecular weight is 464 g/mol. The summed E-state index contributed by atoms with van der Waals surface area (Å²) in [6.45, 7) is 10.4. The Kier molecular flexibility index (Phi) is 7.45. The number of amides is 2. The molecule has 0 aromatic heterocycles. The molecule has 0 aliphatic heterocycles. The van der Waals surface area contributed by atoms with Gasteiger partial charge in [-0.1, -0.05) is 38.4 Å². The summed E-state index contributed by atoms with van der Waals surface area (Å²) in [6, 6.07) is 10.6. The van der Waals surface area contributed by atoms with Gasteiger partial charge in [0.15, 0.2) is 0 Å². The SMILES string of the molecule is CC(C)(C)[Si](C)(C)Oc1cccc(NC(=O)CNC(=O)c2cc([N+](=O)[O-])ccc2Cl)c1. The van der Waals surface area contributed by atoms with Gasteiger partial charge in [-0.2, -0.15) is 0 Å². The lowest BCUT2D eigenvalue weighted by molar-refractivity contribution is -0.384. The highest BCUT2D eigenvalue weighted by molar-refractivity contribution is 6.74. The van der Waals surface area contributed by atoms with Crippen LogP contribution in [0.15, 0.2) is 42.5 Å². The van der Waals surface area contributed by atoms with E-state index in [-0.39, 0.29) is 27.9 Å².